The van der Waals surface area contributed by atoms with Crippen LogP contribution in [-0.4, -0.2) is 87.2 Å². The lowest BCUT2D eigenvalue weighted by molar-refractivity contribution is -0.127. The maximum absolute atomic E-state index is 11.7. The molecule has 22 heavy (non-hydrogen) atoms. The SMILES string of the molecule is CN1CCOC(CNCC(=O)NCCCN2CCCC2=O)C1. The van der Waals surface area contributed by atoms with E-state index >= 15 is 0 Å². The van der Waals surface area contributed by atoms with Gasteiger partial charge in [0.05, 0.1) is 19.3 Å². The van der Waals surface area contributed by atoms with Crippen LogP contribution in [0.4, 0.5) is 0 Å². The summed E-state index contributed by atoms with van der Waals surface area (Å²) in [6.45, 7) is 5.86. The normalized spacial score (nSPS) is 23.0. The molecule has 7 nitrogen and oxygen atoms in total. The number of rotatable bonds is 8. The van der Waals surface area contributed by atoms with Crippen molar-refractivity contribution in [2.45, 2.75) is 25.4 Å². The lowest BCUT2D eigenvalue weighted by Crippen LogP contribution is -2.46. The van der Waals surface area contributed by atoms with E-state index in [0.29, 0.717) is 26.1 Å². The molecule has 2 rings (SSSR count). The van der Waals surface area contributed by atoms with E-state index in [1.54, 1.807) is 0 Å². The summed E-state index contributed by atoms with van der Waals surface area (Å²) in [6, 6.07) is 0. The van der Waals surface area contributed by atoms with E-state index < -0.39 is 0 Å². The fraction of sp³-hybridized carbons (Fsp3) is 0.867. The predicted molar refractivity (Wildman–Crippen MR) is 83.5 cm³/mol. The van der Waals surface area contributed by atoms with Crippen LogP contribution in [0.25, 0.3) is 0 Å². The van der Waals surface area contributed by atoms with E-state index in [9.17, 15) is 9.59 Å². The molecule has 0 aromatic rings. The Morgan fingerprint density at radius 3 is 3.00 bits per heavy atom. The van der Waals surface area contributed by atoms with Crippen LogP contribution in [-0.2, 0) is 14.3 Å². The van der Waals surface area contributed by atoms with Gasteiger partial charge in [-0.3, -0.25) is 9.59 Å². The van der Waals surface area contributed by atoms with Crippen molar-refractivity contribution in [3.8, 4) is 0 Å². The highest BCUT2D eigenvalue weighted by Crippen LogP contribution is 2.09. The number of carbonyl (C=O) groups excluding carboxylic acids is 2. The van der Waals surface area contributed by atoms with Crippen molar-refractivity contribution in [3.05, 3.63) is 0 Å². The number of hydrogen-bond acceptors (Lipinski definition) is 5. The number of likely N-dealkylation sites (N-methyl/N-ethyl adjacent to an activating group) is 1. The number of amides is 2. The van der Waals surface area contributed by atoms with Gasteiger partial charge in [0.15, 0.2) is 0 Å². The third-order valence-electron chi connectivity index (χ3n) is 4.10. The summed E-state index contributed by atoms with van der Waals surface area (Å²) >= 11 is 0. The highest BCUT2D eigenvalue weighted by Gasteiger charge is 2.19. The first-order chi connectivity index (χ1) is 10.6. The van der Waals surface area contributed by atoms with Crippen LogP contribution in [0.1, 0.15) is 19.3 Å². The van der Waals surface area contributed by atoms with Gasteiger partial charge in [-0.25, -0.2) is 0 Å². The van der Waals surface area contributed by atoms with Crippen molar-refractivity contribution >= 4 is 11.8 Å². The zero-order valence-corrected chi connectivity index (χ0v) is 13.5. The van der Waals surface area contributed by atoms with Gasteiger partial charge in [-0.05, 0) is 19.9 Å². The molecule has 0 spiro atoms. The van der Waals surface area contributed by atoms with Crippen LogP contribution in [0.2, 0.25) is 0 Å². The lowest BCUT2D eigenvalue weighted by atomic mass is 10.3. The highest BCUT2D eigenvalue weighted by molar-refractivity contribution is 5.78. The Hall–Kier alpha value is -1.18. The first-order valence-corrected chi connectivity index (χ1v) is 8.20. The van der Waals surface area contributed by atoms with E-state index in [4.69, 9.17) is 4.74 Å². The van der Waals surface area contributed by atoms with Crippen molar-refractivity contribution in [3.63, 3.8) is 0 Å². The first-order valence-electron chi connectivity index (χ1n) is 8.20. The second kappa shape index (κ2) is 9.07. The quantitative estimate of drug-likeness (QED) is 0.565. The molecule has 2 heterocycles. The van der Waals surface area contributed by atoms with Gasteiger partial charge < -0.3 is 25.2 Å². The molecule has 0 radical (unpaired) electrons. The van der Waals surface area contributed by atoms with Crippen molar-refractivity contribution in [2.24, 2.45) is 0 Å². The van der Waals surface area contributed by atoms with Gasteiger partial charge >= 0.3 is 0 Å². The summed E-state index contributed by atoms with van der Waals surface area (Å²) in [7, 11) is 2.08. The summed E-state index contributed by atoms with van der Waals surface area (Å²) in [6.07, 6.45) is 2.61. The summed E-state index contributed by atoms with van der Waals surface area (Å²) in [5.41, 5.74) is 0. The monoisotopic (exact) mass is 312 g/mol. The Labute approximate surface area is 132 Å². The number of likely N-dealkylation sites (tertiary alicyclic amines) is 1. The van der Waals surface area contributed by atoms with E-state index in [2.05, 4.69) is 22.6 Å². The van der Waals surface area contributed by atoms with Crippen molar-refractivity contribution in [2.75, 3.05) is 59.5 Å². The molecule has 2 N–H and O–H groups in total. The molecule has 2 aliphatic heterocycles. The molecule has 0 aromatic heterocycles. The minimum atomic E-state index is -0.00286. The molecule has 2 saturated heterocycles. The number of nitrogens with one attached hydrogen (secondary N) is 2. The fourth-order valence-electron chi connectivity index (χ4n) is 2.84. The average Bonchev–Trinajstić information content (AvgIpc) is 2.89. The smallest absolute Gasteiger partial charge is 0.233 e. The van der Waals surface area contributed by atoms with Crippen LogP contribution >= 0.6 is 0 Å². The molecule has 2 aliphatic rings. The van der Waals surface area contributed by atoms with Gasteiger partial charge in [0.2, 0.25) is 11.8 Å². The second-order valence-corrected chi connectivity index (χ2v) is 6.07. The van der Waals surface area contributed by atoms with Crippen LogP contribution in [0.3, 0.4) is 0 Å². The molecule has 0 saturated carbocycles. The van der Waals surface area contributed by atoms with E-state index in [1.165, 1.54) is 0 Å². The molecule has 0 aromatic carbocycles. The van der Waals surface area contributed by atoms with Gasteiger partial charge in [-0.1, -0.05) is 0 Å². The third kappa shape index (κ3) is 5.90. The first kappa shape index (κ1) is 17.2. The Morgan fingerprint density at radius 2 is 2.27 bits per heavy atom. The second-order valence-electron chi connectivity index (χ2n) is 6.07. The number of carbonyl (C=O) groups is 2. The molecule has 1 unspecified atom stereocenters. The maximum Gasteiger partial charge on any atom is 0.233 e. The molecule has 0 bridgehead atoms. The summed E-state index contributed by atoms with van der Waals surface area (Å²) < 4.78 is 5.62. The van der Waals surface area contributed by atoms with E-state index in [1.807, 2.05) is 4.90 Å². The van der Waals surface area contributed by atoms with E-state index in [0.717, 1.165) is 45.6 Å². The minimum absolute atomic E-state index is 0.00286. The lowest BCUT2D eigenvalue weighted by Gasteiger charge is -2.30. The van der Waals surface area contributed by atoms with Crippen LogP contribution in [0.15, 0.2) is 0 Å². The fourth-order valence-corrected chi connectivity index (χ4v) is 2.84. The molecule has 2 fully saturated rings. The standard InChI is InChI=1S/C15H28N4O3/c1-18-8-9-22-13(12-18)10-16-11-14(20)17-5-3-7-19-6-2-4-15(19)21/h13,16H,2-12H2,1H3,(H,17,20). The van der Waals surface area contributed by atoms with Gasteiger partial charge in [0.25, 0.3) is 0 Å². The topological polar surface area (TPSA) is 73.9 Å². The van der Waals surface area contributed by atoms with Crippen molar-refractivity contribution < 1.29 is 14.3 Å². The van der Waals surface area contributed by atoms with Crippen molar-refractivity contribution in [1.82, 2.24) is 20.4 Å². The Balaban J connectivity index is 1.46. The van der Waals surface area contributed by atoms with Gasteiger partial charge in [0.1, 0.15) is 0 Å². The van der Waals surface area contributed by atoms with Gasteiger partial charge in [-0.15, -0.1) is 0 Å². The number of ether oxygens (including phenoxy) is 1. The average molecular weight is 312 g/mol. The van der Waals surface area contributed by atoms with E-state index in [-0.39, 0.29) is 17.9 Å². The minimum Gasteiger partial charge on any atom is -0.374 e. The molecule has 0 aliphatic carbocycles. The summed E-state index contributed by atoms with van der Waals surface area (Å²) in [5.74, 6) is 0.238. The predicted octanol–water partition coefficient (Wildman–Crippen LogP) is -0.965. The molecule has 126 valence electrons. The number of morpholine rings is 1. The third-order valence-corrected chi connectivity index (χ3v) is 4.10. The zero-order chi connectivity index (χ0) is 15.8. The van der Waals surface area contributed by atoms with Crippen LogP contribution < -0.4 is 10.6 Å². The Kier molecular flexibility index (Phi) is 7.08. The number of hydrogen-bond donors (Lipinski definition) is 2. The largest absolute Gasteiger partial charge is 0.374 e. The molecule has 2 amide bonds. The van der Waals surface area contributed by atoms with Gasteiger partial charge in [0, 0.05) is 45.7 Å². The Morgan fingerprint density at radius 1 is 1.41 bits per heavy atom. The van der Waals surface area contributed by atoms with Crippen LogP contribution in [0.5, 0.6) is 0 Å². The number of nitrogens with zero attached hydrogens (tertiary/aromatic N) is 2. The summed E-state index contributed by atoms with van der Waals surface area (Å²) in [5, 5.41) is 6.01. The van der Waals surface area contributed by atoms with Gasteiger partial charge in [-0.2, -0.15) is 0 Å². The molecule has 7 heteroatoms. The summed E-state index contributed by atoms with van der Waals surface area (Å²) in [4.78, 5) is 27.2. The van der Waals surface area contributed by atoms with Crippen LogP contribution in [0, 0.1) is 0 Å². The molecular formula is C15H28N4O3. The Bertz CT molecular complexity index is 378. The molecule has 1 atom stereocenters. The van der Waals surface area contributed by atoms with Crippen molar-refractivity contribution in [1.29, 1.82) is 0 Å². The zero-order valence-electron chi connectivity index (χ0n) is 13.5. The maximum atomic E-state index is 11.7. The highest BCUT2D eigenvalue weighted by atomic mass is 16.5. The molecular weight excluding hydrogens is 284 g/mol.